The van der Waals surface area contributed by atoms with Crippen LogP contribution in [0.5, 0.6) is 5.75 Å². The number of hydrogen-bond donors (Lipinski definition) is 1. The van der Waals surface area contributed by atoms with E-state index in [9.17, 15) is 13.6 Å². The van der Waals surface area contributed by atoms with Crippen molar-refractivity contribution >= 4 is 22.5 Å². The molecule has 1 amide bonds. The summed E-state index contributed by atoms with van der Waals surface area (Å²) in [6.45, 7) is 7.18. The number of rotatable bonds is 7. The van der Waals surface area contributed by atoms with Gasteiger partial charge in [-0.25, -0.2) is 0 Å². The number of morpholine rings is 1. The van der Waals surface area contributed by atoms with Crippen LogP contribution in [0.1, 0.15) is 26.3 Å². The number of nitrogens with zero attached hydrogens (tertiary/aromatic N) is 3. The van der Waals surface area contributed by atoms with Crippen LogP contribution >= 0.6 is 0 Å². The zero-order valence-electron chi connectivity index (χ0n) is 19.8. The predicted octanol–water partition coefficient (Wildman–Crippen LogP) is 3.80. The van der Waals surface area contributed by atoms with Gasteiger partial charge in [-0.2, -0.15) is 13.9 Å². The molecule has 1 aliphatic heterocycles. The number of ether oxygens (including phenoxy) is 2. The fraction of sp³-hybridized carbons (Fsp3) is 0.440. The third kappa shape index (κ3) is 4.57. The largest absolute Gasteiger partial charge is 0.497 e. The van der Waals surface area contributed by atoms with Crippen molar-refractivity contribution in [2.24, 2.45) is 0 Å². The zero-order chi connectivity index (χ0) is 24.5. The van der Waals surface area contributed by atoms with E-state index in [0.717, 1.165) is 35.2 Å². The van der Waals surface area contributed by atoms with Crippen LogP contribution in [0.15, 0.2) is 48.7 Å². The van der Waals surface area contributed by atoms with Gasteiger partial charge < -0.3 is 19.7 Å². The summed E-state index contributed by atoms with van der Waals surface area (Å²) in [7, 11) is 1.58. The Morgan fingerprint density at radius 2 is 1.82 bits per heavy atom. The van der Waals surface area contributed by atoms with Crippen molar-refractivity contribution in [1.82, 2.24) is 15.1 Å². The molecule has 0 aliphatic carbocycles. The fourth-order valence-corrected chi connectivity index (χ4v) is 4.24. The minimum Gasteiger partial charge on any atom is -0.497 e. The van der Waals surface area contributed by atoms with Gasteiger partial charge in [-0.3, -0.25) is 9.48 Å². The van der Waals surface area contributed by atoms with E-state index in [1.54, 1.807) is 30.8 Å². The van der Waals surface area contributed by atoms with Gasteiger partial charge in [-0.1, -0.05) is 12.1 Å². The SMILES string of the molecule is COc1ccc([C@@](C)([C@H](C)NC(=O)C(C)(F)F)n2cc3cc(N4CCOCC4)ccc3n2)cc1. The first-order valence-corrected chi connectivity index (χ1v) is 11.3. The summed E-state index contributed by atoms with van der Waals surface area (Å²) in [6, 6.07) is 12.7. The third-order valence-electron chi connectivity index (χ3n) is 6.60. The number of methoxy groups -OCH3 is 1. The van der Waals surface area contributed by atoms with Gasteiger partial charge in [-0.05, 0) is 49.7 Å². The molecule has 34 heavy (non-hydrogen) atoms. The fourth-order valence-electron chi connectivity index (χ4n) is 4.24. The van der Waals surface area contributed by atoms with E-state index in [4.69, 9.17) is 14.6 Å². The summed E-state index contributed by atoms with van der Waals surface area (Å²) in [5.74, 6) is -4.15. The lowest BCUT2D eigenvalue weighted by atomic mass is 9.85. The Balaban J connectivity index is 1.76. The maximum Gasteiger partial charge on any atom is 0.321 e. The molecule has 3 aromatic rings. The minimum absolute atomic E-state index is 0.592. The summed E-state index contributed by atoms with van der Waals surface area (Å²) < 4.78 is 39.9. The first-order valence-electron chi connectivity index (χ1n) is 11.3. The highest BCUT2D eigenvalue weighted by Crippen LogP contribution is 2.33. The van der Waals surface area contributed by atoms with Gasteiger partial charge in [0, 0.05) is 37.3 Å². The Hall–Kier alpha value is -3.20. The van der Waals surface area contributed by atoms with Crippen LogP contribution in [0.2, 0.25) is 0 Å². The molecule has 4 rings (SSSR count). The van der Waals surface area contributed by atoms with E-state index in [0.29, 0.717) is 25.9 Å². The van der Waals surface area contributed by atoms with Gasteiger partial charge in [0.1, 0.15) is 11.3 Å². The first kappa shape index (κ1) is 23.9. The van der Waals surface area contributed by atoms with Crippen LogP contribution in [0.25, 0.3) is 10.9 Å². The Bertz CT molecular complexity index is 1150. The summed E-state index contributed by atoms with van der Waals surface area (Å²) in [5, 5.41) is 8.19. The highest BCUT2D eigenvalue weighted by Gasteiger charge is 2.41. The minimum atomic E-state index is -3.49. The molecule has 2 aromatic carbocycles. The van der Waals surface area contributed by atoms with Crippen LogP contribution < -0.4 is 15.0 Å². The van der Waals surface area contributed by atoms with E-state index >= 15 is 0 Å². The molecule has 182 valence electrons. The Labute approximate surface area is 197 Å². The lowest BCUT2D eigenvalue weighted by Gasteiger charge is -2.37. The van der Waals surface area contributed by atoms with Crippen LogP contribution in [0.3, 0.4) is 0 Å². The molecule has 2 atom stereocenters. The van der Waals surface area contributed by atoms with E-state index in [2.05, 4.69) is 16.3 Å². The van der Waals surface area contributed by atoms with Gasteiger partial charge in [0.05, 0.1) is 31.9 Å². The van der Waals surface area contributed by atoms with Crippen molar-refractivity contribution in [3.63, 3.8) is 0 Å². The number of fused-ring (bicyclic) bond motifs is 1. The maximum absolute atomic E-state index is 13.7. The normalized spacial score (nSPS) is 17.3. The van der Waals surface area contributed by atoms with Crippen LogP contribution in [-0.2, 0) is 15.1 Å². The maximum atomic E-state index is 13.7. The number of nitrogens with one attached hydrogen (secondary N) is 1. The molecule has 0 radical (unpaired) electrons. The van der Waals surface area contributed by atoms with E-state index in [1.807, 2.05) is 37.4 Å². The van der Waals surface area contributed by atoms with E-state index in [-0.39, 0.29) is 0 Å². The van der Waals surface area contributed by atoms with Crippen molar-refractivity contribution in [1.29, 1.82) is 0 Å². The molecule has 0 bridgehead atoms. The number of halogens is 2. The van der Waals surface area contributed by atoms with Crippen molar-refractivity contribution in [2.75, 3.05) is 38.3 Å². The second kappa shape index (κ2) is 9.21. The predicted molar refractivity (Wildman–Crippen MR) is 127 cm³/mol. The number of hydrogen-bond acceptors (Lipinski definition) is 5. The summed E-state index contributed by atoms with van der Waals surface area (Å²) >= 11 is 0. The lowest BCUT2D eigenvalue weighted by molar-refractivity contribution is -0.144. The molecule has 1 N–H and O–H groups in total. The molecule has 2 heterocycles. The zero-order valence-corrected chi connectivity index (χ0v) is 19.8. The first-order chi connectivity index (χ1) is 16.1. The Morgan fingerprint density at radius 1 is 1.15 bits per heavy atom. The number of carbonyl (C=O) groups is 1. The van der Waals surface area contributed by atoms with E-state index < -0.39 is 23.4 Å². The summed E-state index contributed by atoms with van der Waals surface area (Å²) in [5.41, 5.74) is 1.69. The lowest BCUT2D eigenvalue weighted by Crippen LogP contribution is -2.54. The molecule has 9 heteroatoms. The van der Waals surface area contributed by atoms with Gasteiger partial charge in [0.2, 0.25) is 0 Å². The Kier molecular flexibility index (Phi) is 6.49. The van der Waals surface area contributed by atoms with Crippen molar-refractivity contribution in [2.45, 2.75) is 38.3 Å². The monoisotopic (exact) mass is 472 g/mol. The van der Waals surface area contributed by atoms with Crippen molar-refractivity contribution in [3.05, 3.63) is 54.2 Å². The molecular weight excluding hydrogens is 442 g/mol. The average molecular weight is 473 g/mol. The Morgan fingerprint density at radius 3 is 2.44 bits per heavy atom. The highest BCUT2D eigenvalue weighted by molar-refractivity contribution is 5.84. The van der Waals surface area contributed by atoms with Gasteiger partial charge in [0.25, 0.3) is 5.91 Å². The van der Waals surface area contributed by atoms with Crippen molar-refractivity contribution in [3.8, 4) is 5.75 Å². The number of anilines is 1. The number of carbonyl (C=O) groups excluding carboxylic acids is 1. The molecule has 1 aliphatic rings. The third-order valence-corrected chi connectivity index (χ3v) is 6.60. The summed E-state index contributed by atoms with van der Waals surface area (Å²) in [4.78, 5) is 14.4. The van der Waals surface area contributed by atoms with Crippen molar-refractivity contribution < 1.29 is 23.0 Å². The molecule has 7 nitrogen and oxygen atoms in total. The number of amides is 1. The second-order valence-electron chi connectivity index (χ2n) is 8.88. The molecule has 0 saturated carbocycles. The number of alkyl halides is 2. The average Bonchev–Trinajstić information content (AvgIpc) is 3.27. The highest BCUT2D eigenvalue weighted by atomic mass is 19.3. The summed E-state index contributed by atoms with van der Waals surface area (Å²) in [6.07, 6.45) is 1.90. The molecule has 1 fully saturated rings. The van der Waals surface area contributed by atoms with Crippen LogP contribution in [0.4, 0.5) is 14.5 Å². The number of aromatic nitrogens is 2. The van der Waals surface area contributed by atoms with E-state index in [1.165, 1.54) is 0 Å². The van der Waals surface area contributed by atoms with Crippen LogP contribution in [0, 0.1) is 0 Å². The quantitative estimate of drug-likeness (QED) is 0.567. The molecule has 0 spiro atoms. The van der Waals surface area contributed by atoms with Gasteiger partial charge >= 0.3 is 5.92 Å². The molecule has 0 unspecified atom stereocenters. The second-order valence-corrected chi connectivity index (χ2v) is 8.88. The number of benzene rings is 2. The smallest absolute Gasteiger partial charge is 0.321 e. The molecule has 1 saturated heterocycles. The molecule has 1 aromatic heterocycles. The standard InChI is InChI=1S/C25H30F2N4O3/c1-17(28-23(32)25(3,26)27)24(2,19-5-8-21(33-4)9-6-19)31-16-18-15-20(7-10-22(18)29-31)30-11-13-34-14-12-30/h5-10,15-17H,11-14H2,1-4H3,(H,28,32)/t17-,24+/m0/s1. The van der Waals surface area contributed by atoms with Gasteiger partial charge in [0.15, 0.2) is 0 Å². The van der Waals surface area contributed by atoms with Crippen LogP contribution in [-0.4, -0.2) is 61.1 Å². The molecular formula is C25H30F2N4O3. The topological polar surface area (TPSA) is 68.6 Å². The van der Waals surface area contributed by atoms with Gasteiger partial charge in [-0.15, -0.1) is 0 Å².